The lowest BCUT2D eigenvalue weighted by Gasteiger charge is -2.15. The Morgan fingerprint density at radius 2 is 1.79 bits per heavy atom. The van der Waals surface area contributed by atoms with Gasteiger partial charge in [-0.1, -0.05) is 41.6 Å². The fraction of sp³-hybridized carbons (Fsp3) is 0.222. The van der Waals surface area contributed by atoms with Gasteiger partial charge in [0.1, 0.15) is 0 Å². The highest BCUT2D eigenvalue weighted by Gasteiger charge is 2.16. The summed E-state index contributed by atoms with van der Waals surface area (Å²) in [4.78, 5) is 31.1. The number of nitrogens with zero attached hydrogens (tertiary/aromatic N) is 2. The van der Waals surface area contributed by atoms with Gasteiger partial charge in [0.2, 0.25) is 0 Å². The molecule has 4 aromatic rings. The molecule has 3 aromatic carbocycles. The number of aryl methyl sites for hydroxylation is 2. The quantitative estimate of drug-likeness (QED) is 0.262. The maximum absolute atomic E-state index is 13.7. The molecule has 0 saturated carbocycles. The van der Waals surface area contributed by atoms with Crippen LogP contribution < -0.4 is 10.9 Å². The van der Waals surface area contributed by atoms with Gasteiger partial charge in [0, 0.05) is 22.4 Å². The van der Waals surface area contributed by atoms with E-state index >= 15 is 0 Å². The molecule has 0 aliphatic carbocycles. The van der Waals surface area contributed by atoms with Gasteiger partial charge in [-0.2, -0.15) is 0 Å². The topological polar surface area (TPSA) is 64.0 Å². The number of hydrogen-bond donors (Lipinski definition) is 1. The van der Waals surface area contributed by atoms with Gasteiger partial charge >= 0.3 is 0 Å². The zero-order valence-corrected chi connectivity index (χ0v) is 21.1. The number of fused-ring (bicyclic) bond motifs is 1. The maximum Gasteiger partial charge on any atom is 0.266 e. The summed E-state index contributed by atoms with van der Waals surface area (Å²) in [5.41, 5.74) is 4.73. The molecule has 0 saturated heterocycles. The normalized spacial score (nSPS) is 11.2. The van der Waals surface area contributed by atoms with Gasteiger partial charge in [0.05, 0.1) is 16.6 Å². The lowest BCUT2D eigenvalue weighted by Crippen LogP contribution is -2.30. The first kappa shape index (κ1) is 24.0. The van der Waals surface area contributed by atoms with E-state index in [1.165, 1.54) is 11.8 Å². The molecule has 1 N–H and O–H groups in total. The van der Waals surface area contributed by atoms with Crippen LogP contribution in [0.3, 0.4) is 0 Å². The summed E-state index contributed by atoms with van der Waals surface area (Å²) in [6.45, 7) is 7.83. The molecule has 0 aliphatic rings. The third kappa shape index (κ3) is 5.34. The molecule has 0 atom stereocenters. The Bertz CT molecular complexity index is 1430. The number of nitrogens with one attached hydrogen (secondary N) is 1. The molecule has 1 aromatic heterocycles. The van der Waals surface area contributed by atoms with Crippen molar-refractivity contribution in [1.29, 1.82) is 0 Å². The number of halogens is 1. The number of benzene rings is 3. The Labute approximate surface area is 208 Å². The van der Waals surface area contributed by atoms with E-state index in [4.69, 9.17) is 16.6 Å². The van der Waals surface area contributed by atoms with E-state index < -0.39 is 0 Å². The van der Waals surface area contributed by atoms with Crippen LogP contribution in [0.1, 0.15) is 40.9 Å². The van der Waals surface area contributed by atoms with Gasteiger partial charge in [-0.25, -0.2) is 4.98 Å². The molecular formula is C27H26ClN3O2S. The van der Waals surface area contributed by atoms with Gasteiger partial charge in [-0.05, 0) is 86.8 Å². The van der Waals surface area contributed by atoms with Crippen molar-refractivity contribution >= 4 is 40.2 Å². The molecule has 174 valence electrons. The smallest absolute Gasteiger partial charge is 0.266 e. The summed E-state index contributed by atoms with van der Waals surface area (Å²) in [7, 11) is 0. The van der Waals surface area contributed by atoms with Crippen molar-refractivity contribution in [2.45, 2.75) is 44.6 Å². The zero-order valence-electron chi connectivity index (χ0n) is 19.6. The Morgan fingerprint density at radius 1 is 1.06 bits per heavy atom. The number of carbonyl (C=O) groups is 1. The molecule has 34 heavy (non-hydrogen) atoms. The number of rotatable bonds is 6. The summed E-state index contributed by atoms with van der Waals surface area (Å²) in [5.74, 6) is 0.405. The molecule has 0 aliphatic heterocycles. The number of amides is 1. The molecule has 7 heteroatoms. The van der Waals surface area contributed by atoms with Gasteiger partial charge in [-0.15, -0.1) is 0 Å². The van der Waals surface area contributed by atoms with Gasteiger partial charge < -0.3 is 5.32 Å². The van der Waals surface area contributed by atoms with Crippen LogP contribution in [0.5, 0.6) is 0 Å². The van der Waals surface area contributed by atoms with E-state index in [2.05, 4.69) is 11.4 Å². The van der Waals surface area contributed by atoms with Crippen LogP contribution in [0.15, 0.2) is 70.6 Å². The van der Waals surface area contributed by atoms with Crippen LogP contribution in [0, 0.1) is 13.8 Å². The minimum atomic E-state index is -0.190. The van der Waals surface area contributed by atoms with Crippen LogP contribution in [-0.4, -0.2) is 21.5 Å². The van der Waals surface area contributed by atoms with E-state index in [1.54, 1.807) is 22.8 Å². The second kappa shape index (κ2) is 10.0. The van der Waals surface area contributed by atoms with Crippen LogP contribution in [0.25, 0.3) is 16.6 Å². The zero-order chi connectivity index (χ0) is 24.4. The fourth-order valence-corrected chi connectivity index (χ4v) is 5.00. The van der Waals surface area contributed by atoms with Crippen molar-refractivity contribution in [3.63, 3.8) is 0 Å². The molecule has 0 spiro atoms. The second-order valence-corrected chi connectivity index (χ2v) is 10.0. The third-order valence-electron chi connectivity index (χ3n) is 5.24. The van der Waals surface area contributed by atoms with Gasteiger partial charge in [0.25, 0.3) is 11.5 Å². The average molecular weight is 492 g/mol. The largest absolute Gasteiger partial charge is 0.350 e. The molecule has 1 amide bonds. The van der Waals surface area contributed by atoms with Crippen LogP contribution in [-0.2, 0) is 5.75 Å². The average Bonchev–Trinajstić information content (AvgIpc) is 2.76. The highest BCUT2D eigenvalue weighted by atomic mass is 35.5. The van der Waals surface area contributed by atoms with Crippen LogP contribution >= 0.6 is 23.4 Å². The van der Waals surface area contributed by atoms with E-state index in [1.807, 2.05) is 64.1 Å². The number of carbonyl (C=O) groups excluding carboxylic acids is 1. The summed E-state index contributed by atoms with van der Waals surface area (Å²) < 4.78 is 1.66. The van der Waals surface area contributed by atoms with Crippen molar-refractivity contribution in [2.75, 3.05) is 0 Å². The molecule has 1 heterocycles. The molecule has 5 nitrogen and oxygen atoms in total. The molecule has 4 rings (SSSR count). The monoisotopic (exact) mass is 491 g/mol. The highest BCUT2D eigenvalue weighted by Crippen LogP contribution is 2.27. The molecule has 0 fully saturated rings. The summed E-state index contributed by atoms with van der Waals surface area (Å²) in [6, 6.07) is 18.7. The first-order chi connectivity index (χ1) is 16.2. The van der Waals surface area contributed by atoms with Crippen LogP contribution in [0.4, 0.5) is 0 Å². The lowest BCUT2D eigenvalue weighted by atomic mass is 10.1. The first-order valence-electron chi connectivity index (χ1n) is 11.0. The summed E-state index contributed by atoms with van der Waals surface area (Å²) in [5, 5.41) is 4.58. The van der Waals surface area contributed by atoms with Crippen molar-refractivity contribution in [1.82, 2.24) is 14.9 Å². The van der Waals surface area contributed by atoms with E-state index in [0.717, 1.165) is 22.4 Å². The molecule has 0 unspecified atom stereocenters. The van der Waals surface area contributed by atoms with Crippen LogP contribution in [0.2, 0.25) is 5.02 Å². The van der Waals surface area contributed by atoms with E-state index in [0.29, 0.717) is 32.4 Å². The van der Waals surface area contributed by atoms with Crippen molar-refractivity contribution < 1.29 is 4.79 Å². The minimum Gasteiger partial charge on any atom is -0.350 e. The predicted octanol–water partition coefficient (Wildman–Crippen LogP) is 6.09. The fourth-order valence-electron chi connectivity index (χ4n) is 3.83. The summed E-state index contributed by atoms with van der Waals surface area (Å²) in [6.07, 6.45) is 0. The standard InChI is InChI=1S/C27H26ClN3O2S/c1-16(2)29-25(32)20-8-9-23-24(14-20)30-27(34-15-19-6-5-7-21(28)13-19)31(26(23)33)22-11-17(3)10-18(4)12-22/h5-14,16H,15H2,1-4H3,(H,29,32). The van der Waals surface area contributed by atoms with Crippen molar-refractivity contribution in [3.05, 3.63) is 98.3 Å². The Kier molecular flexibility index (Phi) is 7.10. The third-order valence-corrected chi connectivity index (χ3v) is 6.49. The Balaban J connectivity index is 1.86. The first-order valence-corrected chi connectivity index (χ1v) is 12.4. The maximum atomic E-state index is 13.7. The highest BCUT2D eigenvalue weighted by molar-refractivity contribution is 7.98. The van der Waals surface area contributed by atoms with E-state index in [-0.39, 0.29) is 17.5 Å². The molecule has 0 bridgehead atoms. The predicted molar refractivity (Wildman–Crippen MR) is 140 cm³/mol. The van der Waals surface area contributed by atoms with Crippen molar-refractivity contribution in [3.8, 4) is 5.69 Å². The Morgan fingerprint density at radius 3 is 2.47 bits per heavy atom. The number of thioether (sulfide) groups is 1. The summed E-state index contributed by atoms with van der Waals surface area (Å²) >= 11 is 7.62. The SMILES string of the molecule is Cc1cc(C)cc(-n2c(SCc3cccc(Cl)c3)nc3cc(C(=O)NC(C)C)ccc3c2=O)c1. The van der Waals surface area contributed by atoms with E-state index in [9.17, 15) is 9.59 Å². The van der Waals surface area contributed by atoms with Gasteiger partial charge in [-0.3, -0.25) is 14.2 Å². The van der Waals surface area contributed by atoms with Gasteiger partial charge in [0.15, 0.2) is 5.16 Å². The minimum absolute atomic E-state index is 0.0116. The van der Waals surface area contributed by atoms with Crippen molar-refractivity contribution in [2.24, 2.45) is 0 Å². The second-order valence-electron chi connectivity index (χ2n) is 8.66. The lowest BCUT2D eigenvalue weighted by molar-refractivity contribution is 0.0943. The number of aromatic nitrogens is 2. The Hall–Kier alpha value is -3.09. The number of hydrogen-bond acceptors (Lipinski definition) is 4. The molecular weight excluding hydrogens is 466 g/mol. The molecule has 0 radical (unpaired) electrons.